The molecular weight excluding hydrogens is 314 g/mol. The number of rotatable bonds is 5. The van der Waals surface area contributed by atoms with Gasteiger partial charge in [-0.05, 0) is 30.5 Å². The van der Waals surface area contributed by atoms with Crippen molar-refractivity contribution in [2.45, 2.75) is 19.4 Å². The highest BCUT2D eigenvalue weighted by molar-refractivity contribution is 7.88. The zero-order chi connectivity index (χ0) is 17.0. The van der Waals surface area contributed by atoms with Crippen molar-refractivity contribution in [1.29, 1.82) is 0 Å². The number of carbonyl (C=O) groups is 1. The fourth-order valence-corrected chi connectivity index (χ4v) is 3.65. The summed E-state index contributed by atoms with van der Waals surface area (Å²) in [4.78, 5) is 14.3. The van der Waals surface area contributed by atoms with E-state index in [1.165, 1.54) is 10.6 Å². The summed E-state index contributed by atoms with van der Waals surface area (Å²) in [6.07, 6.45) is 2.65. The summed E-state index contributed by atoms with van der Waals surface area (Å²) in [6, 6.07) is 7.97. The summed E-state index contributed by atoms with van der Waals surface area (Å²) in [6.45, 7) is 1.24. The van der Waals surface area contributed by atoms with Crippen LogP contribution in [0.5, 0.6) is 0 Å². The molecule has 0 bridgehead atoms. The van der Waals surface area contributed by atoms with Crippen LogP contribution in [-0.4, -0.2) is 52.1 Å². The van der Waals surface area contributed by atoms with Gasteiger partial charge in [-0.3, -0.25) is 4.79 Å². The first kappa shape index (κ1) is 17.7. The number of amides is 1. The highest BCUT2D eigenvalue weighted by Gasteiger charge is 2.29. The first-order chi connectivity index (χ1) is 10.8. The Morgan fingerprint density at radius 2 is 2.13 bits per heavy atom. The normalized spacial score (nSPS) is 19.3. The predicted molar refractivity (Wildman–Crippen MR) is 91.8 cm³/mol. The Hall–Kier alpha value is -1.60. The van der Waals surface area contributed by atoms with Crippen molar-refractivity contribution in [1.82, 2.24) is 9.62 Å². The van der Waals surface area contributed by atoms with E-state index in [0.717, 1.165) is 24.1 Å². The molecule has 0 saturated carbocycles. The molecule has 1 aliphatic rings. The summed E-state index contributed by atoms with van der Waals surface area (Å²) in [5, 5.41) is 2.93. The number of nitrogens with zero attached hydrogens (tertiary/aromatic N) is 2. The molecule has 1 aromatic rings. The average Bonchev–Trinajstić information content (AvgIpc) is 2.52. The number of hydrogen-bond acceptors (Lipinski definition) is 4. The summed E-state index contributed by atoms with van der Waals surface area (Å²) >= 11 is 0. The molecule has 6 nitrogen and oxygen atoms in total. The molecule has 0 radical (unpaired) electrons. The minimum Gasteiger partial charge on any atom is -0.378 e. The predicted octanol–water partition coefficient (Wildman–Crippen LogP) is 1.04. The van der Waals surface area contributed by atoms with Crippen LogP contribution >= 0.6 is 0 Å². The van der Waals surface area contributed by atoms with Gasteiger partial charge in [0.1, 0.15) is 0 Å². The van der Waals surface area contributed by atoms with Gasteiger partial charge in [0.25, 0.3) is 0 Å². The number of carbonyl (C=O) groups excluding carboxylic acids is 1. The maximum atomic E-state index is 12.3. The van der Waals surface area contributed by atoms with Crippen LogP contribution in [0.25, 0.3) is 0 Å². The van der Waals surface area contributed by atoms with Crippen LogP contribution in [0.3, 0.4) is 0 Å². The summed E-state index contributed by atoms with van der Waals surface area (Å²) in [5.74, 6) is -0.343. The van der Waals surface area contributed by atoms with E-state index < -0.39 is 10.0 Å². The highest BCUT2D eigenvalue weighted by Crippen LogP contribution is 2.19. The van der Waals surface area contributed by atoms with E-state index in [1.807, 2.05) is 43.3 Å². The van der Waals surface area contributed by atoms with Crippen LogP contribution in [0, 0.1) is 5.92 Å². The number of anilines is 1. The Balaban J connectivity index is 1.93. The van der Waals surface area contributed by atoms with E-state index in [4.69, 9.17) is 0 Å². The Kier molecular flexibility index (Phi) is 5.64. The molecule has 7 heteroatoms. The van der Waals surface area contributed by atoms with E-state index in [-0.39, 0.29) is 18.4 Å². The minimum absolute atomic E-state index is 0.0754. The van der Waals surface area contributed by atoms with E-state index >= 15 is 0 Å². The van der Waals surface area contributed by atoms with Gasteiger partial charge in [-0.25, -0.2) is 12.7 Å². The maximum Gasteiger partial charge on any atom is 0.224 e. The van der Waals surface area contributed by atoms with E-state index in [0.29, 0.717) is 13.1 Å². The van der Waals surface area contributed by atoms with Gasteiger partial charge < -0.3 is 10.2 Å². The van der Waals surface area contributed by atoms with Crippen molar-refractivity contribution in [2.75, 3.05) is 38.3 Å². The van der Waals surface area contributed by atoms with Crippen molar-refractivity contribution in [3.8, 4) is 0 Å². The molecule has 0 aromatic heterocycles. The van der Waals surface area contributed by atoms with Gasteiger partial charge in [0.05, 0.1) is 12.2 Å². The number of sulfonamides is 1. The molecular formula is C16H25N3O3S. The van der Waals surface area contributed by atoms with Crippen LogP contribution in [0.4, 0.5) is 5.69 Å². The number of piperidine rings is 1. The fourth-order valence-electron chi connectivity index (χ4n) is 2.74. The maximum absolute atomic E-state index is 12.3. The molecule has 0 unspecified atom stereocenters. The van der Waals surface area contributed by atoms with E-state index in [9.17, 15) is 13.2 Å². The van der Waals surface area contributed by atoms with Gasteiger partial charge in [0.2, 0.25) is 15.9 Å². The Bertz CT molecular complexity index is 658. The second-order valence-electron chi connectivity index (χ2n) is 6.24. The van der Waals surface area contributed by atoms with Gasteiger partial charge >= 0.3 is 0 Å². The SMILES string of the molecule is CN(C)c1cccc(CNC(=O)[C@H]2CCCN(S(C)(=O)=O)C2)c1. The van der Waals surface area contributed by atoms with Crippen LogP contribution in [0.15, 0.2) is 24.3 Å². The largest absolute Gasteiger partial charge is 0.378 e. The minimum atomic E-state index is -3.23. The van der Waals surface area contributed by atoms with E-state index in [2.05, 4.69) is 5.32 Å². The topological polar surface area (TPSA) is 69.7 Å². The van der Waals surface area contributed by atoms with Crippen LogP contribution in [0.2, 0.25) is 0 Å². The van der Waals surface area contributed by atoms with Crippen molar-refractivity contribution in [3.63, 3.8) is 0 Å². The van der Waals surface area contributed by atoms with Crippen LogP contribution in [-0.2, 0) is 21.4 Å². The van der Waals surface area contributed by atoms with E-state index in [1.54, 1.807) is 0 Å². The molecule has 1 fully saturated rings. The Morgan fingerprint density at radius 3 is 2.78 bits per heavy atom. The third-order valence-corrected chi connectivity index (χ3v) is 5.39. The second kappa shape index (κ2) is 7.31. The standard InChI is InChI=1S/C16H25N3O3S/c1-18(2)15-8-4-6-13(10-15)11-17-16(20)14-7-5-9-19(12-14)23(3,21)22/h4,6,8,10,14H,5,7,9,11-12H2,1-3H3,(H,17,20)/t14-/m0/s1. The molecule has 1 amide bonds. The number of benzene rings is 1. The van der Waals surface area contributed by atoms with Crippen molar-refractivity contribution >= 4 is 21.6 Å². The third kappa shape index (κ3) is 4.94. The average molecular weight is 339 g/mol. The quantitative estimate of drug-likeness (QED) is 0.870. The third-order valence-electron chi connectivity index (χ3n) is 4.12. The van der Waals surface area contributed by atoms with Gasteiger partial charge in [-0.1, -0.05) is 12.1 Å². The lowest BCUT2D eigenvalue weighted by Crippen LogP contribution is -2.44. The van der Waals surface area contributed by atoms with Gasteiger partial charge in [0, 0.05) is 39.4 Å². The smallest absolute Gasteiger partial charge is 0.224 e. The summed E-state index contributed by atoms with van der Waals surface area (Å²) in [7, 11) is 0.717. The van der Waals surface area contributed by atoms with Crippen molar-refractivity contribution in [2.24, 2.45) is 5.92 Å². The number of hydrogen-bond donors (Lipinski definition) is 1. The zero-order valence-corrected chi connectivity index (χ0v) is 14.8. The highest BCUT2D eigenvalue weighted by atomic mass is 32.2. The Morgan fingerprint density at radius 1 is 1.39 bits per heavy atom. The number of nitrogens with one attached hydrogen (secondary N) is 1. The lowest BCUT2D eigenvalue weighted by molar-refractivity contribution is -0.126. The van der Waals surface area contributed by atoms with Gasteiger partial charge in [-0.15, -0.1) is 0 Å². The molecule has 1 aromatic carbocycles. The fraction of sp³-hybridized carbons (Fsp3) is 0.562. The molecule has 2 rings (SSSR count). The lowest BCUT2D eigenvalue weighted by atomic mass is 9.98. The second-order valence-corrected chi connectivity index (χ2v) is 8.22. The van der Waals surface area contributed by atoms with Gasteiger partial charge in [0.15, 0.2) is 0 Å². The van der Waals surface area contributed by atoms with Crippen LogP contribution < -0.4 is 10.2 Å². The molecule has 1 heterocycles. The molecule has 1 N–H and O–H groups in total. The summed E-state index contributed by atoms with van der Waals surface area (Å²) < 4.78 is 24.6. The van der Waals surface area contributed by atoms with Gasteiger partial charge in [-0.2, -0.15) is 0 Å². The lowest BCUT2D eigenvalue weighted by Gasteiger charge is -2.30. The van der Waals surface area contributed by atoms with Crippen molar-refractivity contribution in [3.05, 3.63) is 29.8 Å². The molecule has 1 aliphatic heterocycles. The first-order valence-electron chi connectivity index (χ1n) is 7.76. The first-order valence-corrected chi connectivity index (χ1v) is 9.61. The molecule has 1 atom stereocenters. The molecule has 128 valence electrons. The summed E-state index contributed by atoms with van der Waals surface area (Å²) in [5.41, 5.74) is 2.11. The van der Waals surface area contributed by atoms with Crippen LogP contribution in [0.1, 0.15) is 18.4 Å². The monoisotopic (exact) mass is 339 g/mol. The Labute approximate surface area is 138 Å². The van der Waals surface area contributed by atoms with Crippen molar-refractivity contribution < 1.29 is 13.2 Å². The molecule has 23 heavy (non-hydrogen) atoms. The molecule has 0 aliphatic carbocycles. The molecule has 0 spiro atoms. The molecule has 1 saturated heterocycles. The zero-order valence-electron chi connectivity index (χ0n) is 13.9.